The van der Waals surface area contributed by atoms with Gasteiger partial charge in [0.15, 0.2) is 0 Å². The van der Waals surface area contributed by atoms with Crippen LogP contribution in [0, 0.1) is 17.7 Å². The Kier molecular flexibility index (Phi) is 3.90. The van der Waals surface area contributed by atoms with Crippen LogP contribution in [-0.4, -0.2) is 27.8 Å². The molecular formula is C13H10FN3O2. The van der Waals surface area contributed by atoms with Crippen molar-refractivity contribution in [3.05, 3.63) is 47.5 Å². The first kappa shape index (κ1) is 12.8. The van der Waals surface area contributed by atoms with E-state index in [0.717, 1.165) is 6.07 Å². The molecule has 0 aliphatic carbocycles. The van der Waals surface area contributed by atoms with E-state index in [0.29, 0.717) is 11.3 Å². The fourth-order valence-corrected chi connectivity index (χ4v) is 1.47. The van der Waals surface area contributed by atoms with Crippen LogP contribution in [0.5, 0.6) is 0 Å². The van der Waals surface area contributed by atoms with E-state index >= 15 is 0 Å². The van der Waals surface area contributed by atoms with Gasteiger partial charge in [-0.05, 0) is 18.2 Å². The van der Waals surface area contributed by atoms with E-state index < -0.39 is 11.7 Å². The second-order valence-electron chi connectivity index (χ2n) is 3.59. The number of aliphatic hydroxyl groups is 1. The van der Waals surface area contributed by atoms with Crippen LogP contribution in [0.4, 0.5) is 10.1 Å². The first-order chi connectivity index (χ1) is 9.20. The predicted octanol–water partition coefficient (Wildman–Crippen LogP) is 1.14. The van der Waals surface area contributed by atoms with Gasteiger partial charge in [-0.1, -0.05) is 11.8 Å². The molecule has 0 fully saturated rings. The van der Waals surface area contributed by atoms with Crippen LogP contribution in [0.25, 0.3) is 0 Å². The van der Waals surface area contributed by atoms with Crippen molar-refractivity contribution in [3.8, 4) is 11.8 Å². The Morgan fingerprint density at radius 2 is 2.37 bits per heavy atom. The third-order valence-electron chi connectivity index (χ3n) is 2.28. The molecule has 0 saturated carbocycles. The molecule has 1 heterocycles. The molecule has 96 valence electrons. The summed E-state index contributed by atoms with van der Waals surface area (Å²) in [7, 11) is 0. The van der Waals surface area contributed by atoms with E-state index in [1.165, 1.54) is 24.5 Å². The van der Waals surface area contributed by atoms with Crippen LogP contribution in [0.3, 0.4) is 0 Å². The fraction of sp³-hybridized carbons (Fsp3) is 0.0769. The normalized spacial score (nSPS) is 9.58. The molecule has 0 radical (unpaired) electrons. The molecule has 1 aromatic carbocycles. The molecule has 0 bridgehead atoms. The van der Waals surface area contributed by atoms with Crippen molar-refractivity contribution in [2.75, 3.05) is 11.9 Å². The standard InChI is InChI=1S/C13H10FN3O2/c14-10-4-3-9(2-1-5-18)12(6-10)13(19)17-11-7-15-16-8-11/h3-4,6-8,18H,5H2,(H,15,16)(H,17,19). The van der Waals surface area contributed by atoms with Gasteiger partial charge in [-0.2, -0.15) is 5.10 Å². The zero-order chi connectivity index (χ0) is 13.7. The maximum atomic E-state index is 13.2. The van der Waals surface area contributed by atoms with Gasteiger partial charge in [-0.25, -0.2) is 4.39 Å². The van der Waals surface area contributed by atoms with Crippen molar-refractivity contribution >= 4 is 11.6 Å². The minimum Gasteiger partial charge on any atom is -0.384 e. The van der Waals surface area contributed by atoms with Crippen LogP contribution in [0.1, 0.15) is 15.9 Å². The maximum absolute atomic E-state index is 13.2. The third kappa shape index (κ3) is 3.18. The van der Waals surface area contributed by atoms with Gasteiger partial charge in [0.25, 0.3) is 5.91 Å². The van der Waals surface area contributed by atoms with E-state index in [1.54, 1.807) is 0 Å². The number of carbonyl (C=O) groups excluding carboxylic acids is 1. The van der Waals surface area contributed by atoms with Crippen LogP contribution in [-0.2, 0) is 0 Å². The number of nitrogens with one attached hydrogen (secondary N) is 2. The lowest BCUT2D eigenvalue weighted by Gasteiger charge is -2.05. The Balaban J connectivity index is 2.31. The monoisotopic (exact) mass is 259 g/mol. The predicted molar refractivity (Wildman–Crippen MR) is 66.9 cm³/mol. The number of aromatic nitrogens is 2. The van der Waals surface area contributed by atoms with Crippen molar-refractivity contribution in [1.82, 2.24) is 10.2 Å². The number of aromatic amines is 1. The third-order valence-corrected chi connectivity index (χ3v) is 2.28. The zero-order valence-corrected chi connectivity index (χ0v) is 9.77. The Bertz CT molecular complexity index is 642. The summed E-state index contributed by atoms with van der Waals surface area (Å²) >= 11 is 0. The van der Waals surface area contributed by atoms with Gasteiger partial charge < -0.3 is 10.4 Å². The lowest BCUT2D eigenvalue weighted by atomic mass is 10.1. The molecule has 0 atom stereocenters. The number of amides is 1. The van der Waals surface area contributed by atoms with Crippen molar-refractivity contribution in [1.29, 1.82) is 0 Å². The van der Waals surface area contributed by atoms with Crippen molar-refractivity contribution in [3.63, 3.8) is 0 Å². The number of H-pyrrole nitrogens is 1. The van der Waals surface area contributed by atoms with E-state index in [9.17, 15) is 9.18 Å². The number of halogens is 1. The second kappa shape index (κ2) is 5.80. The number of aliphatic hydroxyl groups excluding tert-OH is 1. The van der Waals surface area contributed by atoms with E-state index in [4.69, 9.17) is 5.11 Å². The Morgan fingerprint density at radius 3 is 3.05 bits per heavy atom. The van der Waals surface area contributed by atoms with Gasteiger partial charge in [-0.15, -0.1) is 0 Å². The number of rotatable bonds is 2. The second-order valence-corrected chi connectivity index (χ2v) is 3.59. The molecular weight excluding hydrogens is 249 g/mol. The van der Waals surface area contributed by atoms with E-state index in [1.807, 2.05) is 0 Å². The highest BCUT2D eigenvalue weighted by atomic mass is 19.1. The minimum absolute atomic E-state index is 0.0992. The van der Waals surface area contributed by atoms with Crippen LogP contribution < -0.4 is 5.32 Å². The molecule has 1 amide bonds. The minimum atomic E-state index is -0.535. The molecule has 0 unspecified atom stereocenters. The highest BCUT2D eigenvalue weighted by Gasteiger charge is 2.12. The quantitative estimate of drug-likeness (QED) is 0.708. The summed E-state index contributed by atoms with van der Waals surface area (Å²) in [6.07, 6.45) is 2.92. The molecule has 0 aliphatic rings. The first-order valence-corrected chi connectivity index (χ1v) is 5.40. The highest BCUT2D eigenvalue weighted by Crippen LogP contribution is 2.13. The molecule has 2 aromatic rings. The van der Waals surface area contributed by atoms with E-state index in [-0.39, 0.29) is 12.2 Å². The molecule has 2 rings (SSSR count). The topological polar surface area (TPSA) is 78.0 Å². The summed E-state index contributed by atoms with van der Waals surface area (Å²) in [4.78, 5) is 12.0. The number of hydrogen-bond donors (Lipinski definition) is 3. The maximum Gasteiger partial charge on any atom is 0.257 e. The average molecular weight is 259 g/mol. The van der Waals surface area contributed by atoms with Gasteiger partial charge >= 0.3 is 0 Å². The Labute approximate surface area is 108 Å². The molecule has 0 spiro atoms. The summed E-state index contributed by atoms with van der Waals surface area (Å²) in [5, 5.41) is 17.4. The van der Waals surface area contributed by atoms with Gasteiger partial charge in [-0.3, -0.25) is 9.89 Å². The number of benzene rings is 1. The number of nitrogens with zero attached hydrogens (tertiary/aromatic N) is 1. The lowest BCUT2D eigenvalue weighted by Crippen LogP contribution is -2.13. The van der Waals surface area contributed by atoms with E-state index in [2.05, 4.69) is 27.4 Å². The molecule has 0 saturated heterocycles. The molecule has 6 heteroatoms. The van der Waals surface area contributed by atoms with Crippen molar-refractivity contribution in [2.45, 2.75) is 0 Å². The summed E-state index contributed by atoms with van der Waals surface area (Å²) < 4.78 is 13.2. The highest BCUT2D eigenvalue weighted by molar-refractivity contribution is 6.05. The lowest BCUT2D eigenvalue weighted by molar-refractivity contribution is 0.102. The van der Waals surface area contributed by atoms with Crippen molar-refractivity contribution < 1.29 is 14.3 Å². The summed E-state index contributed by atoms with van der Waals surface area (Å²) in [6.45, 7) is -0.333. The van der Waals surface area contributed by atoms with Gasteiger partial charge in [0.1, 0.15) is 12.4 Å². The molecule has 1 aromatic heterocycles. The first-order valence-electron chi connectivity index (χ1n) is 5.40. The van der Waals surface area contributed by atoms with Crippen LogP contribution >= 0.6 is 0 Å². The number of hydrogen-bond acceptors (Lipinski definition) is 3. The molecule has 5 nitrogen and oxygen atoms in total. The van der Waals surface area contributed by atoms with Crippen LogP contribution in [0.2, 0.25) is 0 Å². The SMILES string of the molecule is O=C(Nc1cn[nH]c1)c1cc(F)ccc1C#CCO. The van der Waals surface area contributed by atoms with Crippen LogP contribution in [0.15, 0.2) is 30.6 Å². The Hall–Kier alpha value is -2.65. The molecule has 0 aliphatic heterocycles. The number of anilines is 1. The summed E-state index contributed by atoms with van der Waals surface area (Å²) in [6, 6.07) is 3.69. The zero-order valence-electron chi connectivity index (χ0n) is 9.77. The van der Waals surface area contributed by atoms with Gasteiger partial charge in [0, 0.05) is 11.8 Å². The molecule has 3 N–H and O–H groups in total. The fourth-order valence-electron chi connectivity index (χ4n) is 1.47. The Morgan fingerprint density at radius 1 is 1.53 bits per heavy atom. The van der Waals surface area contributed by atoms with Crippen molar-refractivity contribution in [2.24, 2.45) is 0 Å². The largest absolute Gasteiger partial charge is 0.384 e. The van der Waals surface area contributed by atoms with Gasteiger partial charge in [0.05, 0.1) is 17.4 Å². The van der Waals surface area contributed by atoms with Gasteiger partial charge in [0.2, 0.25) is 0 Å². The summed E-state index contributed by atoms with van der Waals surface area (Å²) in [5.41, 5.74) is 0.911. The average Bonchev–Trinajstić information content (AvgIpc) is 2.90. The summed E-state index contributed by atoms with van der Waals surface area (Å²) in [5.74, 6) is 3.99. The molecule has 19 heavy (non-hydrogen) atoms. The number of carbonyl (C=O) groups is 1. The smallest absolute Gasteiger partial charge is 0.257 e.